The predicted octanol–water partition coefficient (Wildman–Crippen LogP) is 2.08. The van der Waals surface area contributed by atoms with Gasteiger partial charge < -0.3 is 19.3 Å². The molecule has 0 bridgehead atoms. The average Bonchev–Trinajstić information content (AvgIpc) is 2.70. The van der Waals surface area contributed by atoms with Crippen LogP contribution in [0.15, 0.2) is 18.2 Å². The molecular weight excluding hydrogens is 260 g/mol. The fourth-order valence-electron chi connectivity index (χ4n) is 2.15. The molecule has 110 valence electrons. The topological polar surface area (TPSA) is 65.0 Å². The van der Waals surface area contributed by atoms with Crippen molar-refractivity contribution in [1.82, 2.24) is 0 Å². The fourth-order valence-corrected chi connectivity index (χ4v) is 2.15. The first-order valence-corrected chi connectivity index (χ1v) is 6.76. The number of carbonyl (C=O) groups is 1. The van der Waals surface area contributed by atoms with Crippen LogP contribution >= 0.6 is 0 Å². The van der Waals surface area contributed by atoms with Gasteiger partial charge >= 0.3 is 5.97 Å². The molecule has 5 heteroatoms. The molecule has 0 radical (unpaired) electrons. The first-order valence-electron chi connectivity index (χ1n) is 6.76. The van der Waals surface area contributed by atoms with Crippen LogP contribution in [0.5, 0.6) is 11.5 Å². The maximum absolute atomic E-state index is 11.3. The summed E-state index contributed by atoms with van der Waals surface area (Å²) < 4.78 is 15.8. The van der Waals surface area contributed by atoms with Crippen molar-refractivity contribution in [3.8, 4) is 11.5 Å². The Hall–Kier alpha value is -1.75. The van der Waals surface area contributed by atoms with Crippen LogP contribution in [0.2, 0.25) is 0 Å². The molecule has 2 rings (SSSR count). The van der Waals surface area contributed by atoms with Crippen LogP contribution in [0.1, 0.15) is 31.4 Å². The fraction of sp³-hybridized carbons (Fsp3) is 0.533. The molecule has 0 spiro atoms. The van der Waals surface area contributed by atoms with Gasteiger partial charge in [0.2, 0.25) is 0 Å². The highest BCUT2D eigenvalue weighted by atomic mass is 16.5. The van der Waals surface area contributed by atoms with E-state index in [0.29, 0.717) is 30.3 Å². The van der Waals surface area contributed by atoms with E-state index in [1.54, 1.807) is 18.2 Å². The number of aliphatic hydroxyl groups is 1. The Labute approximate surface area is 118 Å². The number of rotatable bonds is 4. The van der Waals surface area contributed by atoms with Crippen LogP contribution in [0.25, 0.3) is 0 Å². The van der Waals surface area contributed by atoms with Crippen molar-refractivity contribution >= 4 is 5.97 Å². The number of ether oxygens (including phenoxy) is 3. The number of hydrogen-bond acceptors (Lipinski definition) is 5. The molecule has 0 aliphatic carbocycles. The molecule has 2 atom stereocenters. The van der Waals surface area contributed by atoms with Gasteiger partial charge in [-0.3, -0.25) is 4.79 Å². The number of hydrogen-bond donors (Lipinski definition) is 1. The van der Waals surface area contributed by atoms with E-state index in [9.17, 15) is 9.90 Å². The Kier molecular flexibility index (Phi) is 4.84. The normalized spacial score (nSPS) is 16.9. The highest BCUT2D eigenvalue weighted by molar-refractivity contribution is 5.69. The summed E-state index contributed by atoms with van der Waals surface area (Å²) in [6.45, 7) is 3.04. The molecule has 1 aromatic carbocycles. The van der Waals surface area contributed by atoms with E-state index in [-0.39, 0.29) is 18.3 Å². The van der Waals surface area contributed by atoms with E-state index < -0.39 is 6.10 Å². The number of benzene rings is 1. The van der Waals surface area contributed by atoms with Gasteiger partial charge in [0, 0.05) is 6.42 Å². The Morgan fingerprint density at radius 1 is 1.35 bits per heavy atom. The summed E-state index contributed by atoms with van der Waals surface area (Å²) in [6.07, 6.45) is 0.267. The molecule has 2 unspecified atom stereocenters. The average molecular weight is 280 g/mol. The van der Waals surface area contributed by atoms with Crippen molar-refractivity contribution in [1.29, 1.82) is 0 Å². The van der Waals surface area contributed by atoms with Crippen molar-refractivity contribution < 1.29 is 24.1 Å². The minimum Gasteiger partial charge on any atom is -0.490 e. The van der Waals surface area contributed by atoms with Gasteiger partial charge in [-0.15, -0.1) is 0 Å². The molecule has 1 N–H and O–H groups in total. The summed E-state index contributed by atoms with van der Waals surface area (Å²) in [5.41, 5.74) is 0.714. The van der Waals surface area contributed by atoms with Gasteiger partial charge in [0.05, 0.1) is 32.8 Å². The molecule has 0 amide bonds. The Morgan fingerprint density at radius 2 is 2.05 bits per heavy atom. The van der Waals surface area contributed by atoms with Crippen LogP contribution in [-0.2, 0) is 9.53 Å². The maximum atomic E-state index is 11.3. The summed E-state index contributed by atoms with van der Waals surface area (Å²) in [4.78, 5) is 11.3. The van der Waals surface area contributed by atoms with Gasteiger partial charge in [-0.1, -0.05) is 13.0 Å². The minimum absolute atomic E-state index is 0.173. The van der Waals surface area contributed by atoms with Crippen molar-refractivity contribution in [2.75, 3.05) is 20.3 Å². The molecule has 20 heavy (non-hydrogen) atoms. The van der Waals surface area contributed by atoms with E-state index in [2.05, 4.69) is 4.74 Å². The monoisotopic (exact) mass is 280 g/mol. The zero-order valence-electron chi connectivity index (χ0n) is 11.8. The van der Waals surface area contributed by atoms with Crippen molar-refractivity contribution in [3.63, 3.8) is 0 Å². The van der Waals surface area contributed by atoms with E-state index in [4.69, 9.17) is 9.47 Å². The standard InChI is InChI=1S/C15H20O5/c1-10(8-14(16)18-2)15(17)11-4-5-12-13(9-11)20-7-3-6-19-12/h4-5,9-10,15,17H,3,6-8H2,1-2H3. The predicted molar refractivity (Wildman–Crippen MR) is 72.8 cm³/mol. The van der Waals surface area contributed by atoms with Gasteiger partial charge in [-0.05, 0) is 23.6 Å². The van der Waals surface area contributed by atoms with E-state index in [1.807, 2.05) is 6.92 Å². The minimum atomic E-state index is -0.744. The van der Waals surface area contributed by atoms with E-state index >= 15 is 0 Å². The molecule has 0 saturated heterocycles. The number of esters is 1. The van der Waals surface area contributed by atoms with E-state index in [1.165, 1.54) is 7.11 Å². The number of carbonyl (C=O) groups excluding carboxylic acids is 1. The van der Waals surface area contributed by atoms with Crippen LogP contribution < -0.4 is 9.47 Å². The van der Waals surface area contributed by atoms with E-state index in [0.717, 1.165) is 6.42 Å². The van der Waals surface area contributed by atoms with Gasteiger partial charge in [0.25, 0.3) is 0 Å². The second-order valence-electron chi connectivity index (χ2n) is 4.96. The second-order valence-corrected chi connectivity index (χ2v) is 4.96. The van der Waals surface area contributed by atoms with Gasteiger partial charge in [-0.2, -0.15) is 0 Å². The highest BCUT2D eigenvalue weighted by Crippen LogP contribution is 2.34. The summed E-state index contributed by atoms with van der Waals surface area (Å²) >= 11 is 0. The quantitative estimate of drug-likeness (QED) is 0.855. The lowest BCUT2D eigenvalue weighted by molar-refractivity contribution is -0.142. The Balaban J connectivity index is 2.12. The van der Waals surface area contributed by atoms with Gasteiger partial charge in [0.15, 0.2) is 11.5 Å². The summed E-state index contributed by atoms with van der Waals surface area (Å²) in [7, 11) is 1.34. The maximum Gasteiger partial charge on any atom is 0.305 e. The van der Waals surface area contributed by atoms with Gasteiger partial charge in [0.1, 0.15) is 0 Å². The van der Waals surface area contributed by atoms with Gasteiger partial charge in [-0.25, -0.2) is 0 Å². The smallest absolute Gasteiger partial charge is 0.305 e. The van der Waals surface area contributed by atoms with Crippen molar-refractivity contribution in [3.05, 3.63) is 23.8 Å². The van der Waals surface area contributed by atoms with Crippen molar-refractivity contribution in [2.24, 2.45) is 5.92 Å². The lowest BCUT2D eigenvalue weighted by atomic mass is 9.94. The van der Waals surface area contributed by atoms with Crippen LogP contribution in [-0.4, -0.2) is 31.4 Å². The lowest BCUT2D eigenvalue weighted by Crippen LogP contribution is -2.15. The first-order chi connectivity index (χ1) is 9.61. The third kappa shape index (κ3) is 3.42. The zero-order valence-corrected chi connectivity index (χ0v) is 11.8. The van der Waals surface area contributed by atoms with Crippen LogP contribution in [0.3, 0.4) is 0 Å². The van der Waals surface area contributed by atoms with Crippen molar-refractivity contribution in [2.45, 2.75) is 25.9 Å². The lowest BCUT2D eigenvalue weighted by Gasteiger charge is -2.19. The molecule has 1 aliphatic heterocycles. The second kappa shape index (κ2) is 6.61. The third-order valence-electron chi connectivity index (χ3n) is 3.37. The summed E-state index contributed by atoms with van der Waals surface area (Å²) in [5, 5.41) is 10.3. The zero-order chi connectivity index (χ0) is 14.5. The largest absolute Gasteiger partial charge is 0.490 e. The number of fused-ring (bicyclic) bond motifs is 1. The Morgan fingerprint density at radius 3 is 2.75 bits per heavy atom. The first kappa shape index (κ1) is 14.7. The molecule has 0 aromatic heterocycles. The summed E-state index contributed by atoms with van der Waals surface area (Å²) in [5.74, 6) is 0.779. The molecule has 5 nitrogen and oxygen atoms in total. The molecule has 0 saturated carbocycles. The number of methoxy groups -OCH3 is 1. The SMILES string of the molecule is COC(=O)CC(C)C(O)c1ccc2c(c1)OCCCO2. The molecule has 1 heterocycles. The molecule has 1 aliphatic rings. The molecular formula is C15H20O5. The van der Waals surface area contributed by atoms with Crippen LogP contribution in [0, 0.1) is 5.92 Å². The van der Waals surface area contributed by atoms with Crippen LogP contribution in [0.4, 0.5) is 0 Å². The summed E-state index contributed by atoms with van der Waals surface area (Å²) in [6, 6.07) is 5.37. The third-order valence-corrected chi connectivity index (χ3v) is 3.37. The number of aliphatic hydroxyl groups excluding tert-OH is 1. The highest BCUT2D eigenvalue weighted by Gasteiger charge is 2.22. The Bertz CT molecular complexity index is 471. The molecule has 0 fully saturated rings. The molecule has 1 aromatic rings.